The van der Waals surface area contributed by atoms with Gasteiger partial charge in [-0.05, 0) is 69.5 Å². The van der Waals surface area contributed by atoms with Gasteiger partial charge in [-0.3, -0.25) is 0 Å². The quantitative estimate of drug-likeness (QED) is 0.602. The molecule has 3 fully saturated rings. The van der Waals surface area contributed by atoms with Crippen LogP contribution in [0.2, 0.25) is 0 Å². The number of anilines is 4. The Hall–Kier alpha value is -3.44. The maximum atomic E-state index is 9.94. The van der Waals surface area contributed by atoms with Crippen molar-refractivity contribution in [3.05, 3.63) is 42.2 Å². The van der Waals surface area contributed by atoms with Crippen LogP contribution in [0.1, 0.15) is 25.0 Å². The van der Waals surface area contributed by atoms with Crippen molar-refractivity contribution in [2.24, 2.45) is 11.3 Å². The van der Waals surface area contributed by atoms with Gasteiger partial charge in [-0.1, -0.05) is 0 Å². The SMILES string of the molecule is Cc1cc2cnc(Nc3ccc(N4CCN(C)CC4)cc3)nc2c(N2CCC(C#N)(C3CC3)C2)n1. The lowest BCUT2D eigenvalue weighted by atomic mass is 9.83. The summed E-state index contributed by atoms with van der Waals surface area (Å²) < 4.78 is 0. The number of nitriles is 1. The van der Waals surface area contributed by atoms with Crippen LogP contribution in [-0.2, 0) is 0 Å². The van der Waals surface area contributed by atoms with Gasteiger partial charge >= 0.3 is 0 Å². The van der Waals surface area contributed by atoms with Crippen molar-refractivity contribution >= 4 is 34.0 Å². The number of pyridine rings is 1. The molecule has 2 saturated heterocycles. The third-order valence-electron chi connectivity index (χ3n) is 7.85. The van der Waals surface area contributed by atoms with E-state index in [9.17, 15) is 5.26 Å². The molecule has 1 N–H and O–H groups in total. The van der Waals surface area contributed by atoms with E-state index in [4.69, 9.17) is 9.97 Å². The Labute approximate surface area is 206 Å². The van der Waals surface area contributed by atoms with Gasteiger partial charge in [-0.25, -0.2) is 15.0 Å². The molecule has 0 amide bonds. The highest BCUT2D eigenvalue weighted by Gasteiger charge is 2.50. The van der Waals surface area contributed by atoms with Gasteiger partial charge in [-0.15, -0.1) is 0 Å². The molecule has 3 aromatic rings. The van der Waals surface area contributed by atoms with E-state index in [0.717, 1.165) is 73.8 Å². The minimum atomic E-state index is -0.239. The van der Waals surface area contributed by atoms with Gasteiger partial charge < -0.3 is 20.0 Å². The number of nitrogens with zero attached hydrogens (tertiary/aromatic N) is 7. The summed E-state index contributed by atoms with van der Waals surface area (Å²) in [6, 6.07) is 13.2. The van der Waals surface area contributed by atoms with Crippen molar-refractivity contribution in [2.75, 3.05) is 61.4 Å². The highest BCUT2D eigenvalue weighted by Crippen LogP contribution is 2.51. The molecule has 1 aliphatic carbocycles. The van der Waals surface area contributed by atoms with Crippen molar-refractivity contribution in [1.29, 1.82) is 5.26 Å². The van der Waals surface area contributed by atoms with Gasteiger partial charge in [-0.2, -0.15) is 5.26 Å². The third kappa shape index (κ3) is 4.25. The molecule has 0 spiro atoms. The van der Waals surface area contributed by atoms with Crippen LogP contribution in [0, 0.1) is 29.6 Å². The molecule has 1 unspecified atom stereocenters. The molecule has 6 rings (SSSR count). The molecular weight excluding hydrogens is 436 g/mol. The third-order valence-corrected chi connectivity index (χ3v) is 7.85. The van der Waals surface area contributed by atoms with Crippen molar-refractivity contribution in [2.45, 2.75) is 26.2 Å². The van der Waals surface area contributed by atoms with Crippen molar-refractivity contribution in [3.8, 4) is 6.07 Å². The van der Waals surface area contributed by atoms with Crippen LogP contribution in [0.5, 0.6) is 0 Å². The Kier molecular flexibility index (Phi) is 5.45. The predicted molar refractivity (Wildman–Crippen MR) is 139 cm³/mol. The van der Waals surface area contributed by atoms with E-state index in [1.54, 1.807) is 0 Å². The van der Waals surface area contributed by atoms with E-state index in [1.807, 2.05) is 19.2 Å². The van der Waals surface area contributed by atoms with Crippen LogP contribution >= 0.6 is 0 Å². The number of nitrogens with one attached hydrogen (secondary N) is 1. The van der Waals surface area contributed by atoms with E-state index in [0.29, 0.717) is 11.9 Å². The molecule has 0 bridgehead atoms. The number of hydrogen-bond donors (Lipinski definition) is 1. The summed E-state index contributed by atoms with van der Waals surface area (Å²) in [6.07, 6.45) is 5.12. The number of aromatic nitrogens is 3. The van der Waals surface area contributed by atoms with E-state index in [1.165, 1.54) is 18.5 Å². The van der Waals surface area contributed by atoms with E-state index in [-0.39, 0.29) is 5.41 Å². The van der Waals surface area contributed by atoms with Crippen LogP contribution in [0.3, 0.4) is 0 Å². The lowest BCUT2D eigenvalue weighted by Gasteiger charge is -2.34. The molecule has 8 heteroatoms. The lowest BCUT2D eigenvalue weighted by Crippen LogP contribution is -2.44. The fourth-order valence-electron chi connectivity index (χ4n) is 5.55. The van der Waals surface area contributed by atoms with Crippen molar-refractivity contribution in [1.82, 2.24) is 19.9 Å². The van der Waals surface area contributed by atoms with Crippen molar-refractivity contribution in [3.63, 3.8) is 0 Å². The summed E-state index contributed by atoms with van der Waals surface area (Å²) in [5.74, 6) is 1.97. The highest BCUT2D eigenvalue weighted by atomic mass is 15.3. The second-order valence-corrected chi connectivity index (χ2v) is 10.4. The summed E-state index contributed by atoms with van der Waals surface area (Å²) in [7, 11) is 2.17. The topological polar surface area (TPSA) is 84.2 Å². The first-order chi connectivity index (χ1) is 17.0. The van der Waals surface area contributed by atoms with Crippen molar-refractivity contribution < 1.29 is 0 Å². The van der Waals surface area contributed by atoms with Crippen LogP contribution in [0.15, 0.2) is 36.5 Å². The second-order valence-electron chi connectivity index (χ2n) is 10.4. The van der Waals surface area contributed by atoms with Gasteiger partial charge in [0.1, 0.15) is 5.52 Å². The number of rotatable bonds is 5. The maximum Gasteiger partial charge on any atom is 0.227 e. The minimum absolute atomic E-state index is 0.239. The number of hydrogen-bond acceptors (Lipinski definition) is 8. The van der Waals surface area contributed by atoms with Gasteiger partial charge in [0.15, 0.2) is 5.82 Å². The fraction of sp³-hybridized carbons (Fsp3) is 0.481. The first kappa shape index (κ1) is 22.1. The molecule has 180 valence electrons. The van der Waals surface area contributed by atoms with Crippen LogP contribution < -0.4 is 15.1 Å². The minimum Gasteiger partial charge on any atom is -0.369 e. The standard InChI is InChI=1S/C27H32N8/c1-19-15-20-16-29-26(31-22-5-7-23(8-6-22)34-13-11-33(2)12-14-34)32-24(20)25(30-19)35-10-9-27(17-28,18-35)21-3-4-21/h5-8,15-16,21H,3-4,9-14,18H2,1-2H3,(H,29,31,32). The average Bonchev–Trinajstić information content (AvgIpc) is 3.64. The molecular formula is C27H32N8. The Morgan fingerprint density at radius 2 is 1.80 bits per heavy atom. The molecule has 2 aromatic heterocycles. The van der Waals surface area contributed by atoms with Gasteiger partial charge in [0.2, 0.25) is 5.95 Å². The van der Waals surface area contributed by atoms with E-state index < -0.39 is 0 Å². The summed E-state index contributed by atoms with van der Waals surface area (Å²) in [5, 5.41) is 14.3. The van der Waals surface area contributed by atoms with Crippen LogP contribution in [0.25, 0.3) is 10.9 Å². The molecule has 1 saturated carbocycles. The zero-order valence-corrected chi connectivity index (χ0v) is 20.5. The van der Waals surface area contributed by atoms with Gasteiger partial charge in [0, 0.05) is 67.9 Å². The smallest absolute Gasteiger partial charge is 0.227 e. The zero-order valence-electron chi connectivity index (χ0n) is 20.5. The fourth-order valence-corrected chi connectivity index (χ4v) is 5.55. The van der Waals surface area contributed by atoms with E-state index >= 15 is 0 Å². The Bertz CT molecular complexity index is 1270. The molecule has 1 aromatic carbocycles. The maximum absolute atomic E-state index is 9.94. The Morgan fingerprint density at radius 1 is 1.03 bits per heavy atom. The number of fused-ring (bicyclic) bond motifs is 1. The molecule has 0 radical (unpaired) electrons. The zero-order chi connectivity index (χ0) is 24.0. The Morgan fingerprint density at radius 3 is 2.51 bits per heavy atom. The number of benzene rings is 1. The first-order valence-corrected chi connectivity index (χ1v) is 12.6. The van der Waals surface area contributed by atoms with Crippen LogP contribution in [0.4, 0.5) is 23.1 Å². The molecule has 2 aliphatic heterocycles. The number of likely N-dealkylation sites (N-methyl/N-ethyl adjacent to an activating group) is 1. The second kappa shape index (κ2) is 8.65. The average molecular weight is 469 g/mol. The summed E-state index contributed by atoms with van der Waals surface area (Å²) in [4.78, 5) is 21.4. The predicted octanol–water partition coefficient (Wildman–Crippen LogP) is 3.96. The molecule has 3 aliphatic rings. The van der Waals surface area contributed by atoms with E-state index in [2.05, 4.69) is 62.4 Å². The number of aryl methyl sites for hydroxylation is 1. The highest BCUT2D eigenvalue weighted by molar-refractivity contribution is 5.89. The van der Waals surface area contributed by atoms with Crippen LogP contribution in [-0.4, -0.2) is 66.2 Å². The van der Waals surface area contributed by atoms with Gasteiger partial charge in [0.05, 0.1) is 11.5 Å². The summed E-state index contributed by atoms with van der Waals surface area (Å²) in [6.45, 7) is 7.87. The summed E-state index contributed by atoms with van der Waals surface area (Å²) >= 11 is 0. The lowest BCUT2D eigenvalue weighted by molar-refractivity contribution is 0.313. The number of piperazine rings is 1. The molecule has 1 atom stereocenters. The molecule has 8 nitrogen and oxygen atoms in total. The Balaban J connectivity index is 1.24. The monoisotopic (exact) mass is 468 g/mol. The summed E-state index contributed by atoms with van der Waals surface area (Å²) in [5.41, 5.74) is 3.75. The molecule has 4 heterocycles. The molecule has 35 heavy (non-hydrogen) atoms. The normalized spacial score (nSPS) is 23.0. The first-order valence-electron chi connectivity index (χ1n) is 12.6. The van der Waals surface area contributed by atoms with Gasteiger partial charge in [0.25, 0.3) is 0 Å². The largest absolute Gasteiger partial charge is 0.369 e.